The van der Waals surface area contributed by atoms with Gasteiger partial charge < -0.3 is 10.5 Å². The maximum atomic E-state index is 15.3. The van der Waals surface area contributed by atoms with Gasteiger partial charge in [0.05, 0.1) is 18.2 Å². The number of nitrogen functional groups attached to an aromatic ring is 1. The van der Waals surface area contributed by atoms with Crippen molar-refractivity contribution in [3.8, 4) is 16.9 Å². The summed E-state index contributed by atoms with van der Waals surface area (Å²) in [6.07, 6.45) is 1.31. The molecule has 0 aliphatic heterocycles. The minimum absolute atomic E-state index is 0.110. The SMILES string of the molecule is COc1cc(F)c(S(=O)(=O)Nc2cccc(-c3csc4ncnc(N)c34)c2F)cc1C. The van der Waals surface area contributed by atoms with E-state index in [9.17, 15) is 12.8 Å². The Kier molecular flexibility index (Phi) is 5.23. The van der Waals surface area contributed by atoms with E-state index in [-0.39, 0.29) is 22.8 Å². The fourth-order valence-corrected chi connectivity index (χ4v) is 5.30. The van der Waals surface area contributed by atoms with Gasteiger partial charge in [0.1, 0.15) is 33.4 Å². The molecule has 0 fully saturated rings. The zero-order valence-electron chi connectivity index (χ0n) is 16.3. The zero-order valence-corrected chi connectivity index (χ0v) is 17.9. The first-order chi connectivity index (χ1) is 14.7. The van der Waals surface area contributed by atoms with Gasteiger partial charge in [-0.1, -0.05) is 12.1 Å². The third-order valence-electron chi connectivity index (χ3n) is 4.67. The first-order valence-electron chi connectivity index (χ1n) is 8.86. The Balaban J connectivity index is 1.78. The summed E-state index contributed by atoms with van der Waals surface area (Å²) >= 11 is 1.26. The number of aromatic nitrogens is 2. The summed E-state index contributed by atoms with van der Waals surface area (Å²) in [6, 6.07) is 6.31. The number of aryl methyl sites for hydroxylation is 1. The molecule has 31 heavy (non-hydrogen) atoms. The van der Waals surface area contributed by atoms with Crippen molar-refractivity contribution in [2.45, 2.75) is 11.8 Å². The summed E-state index contributed by atoms with van der Waals surface area (Å²) < 4.78 is 62.5. The number of methoxy groups -OCH3 is 1. The van der Waals surface area contributed by atoms with Crippen molar-refractivity contribution in [2.75, 3.05) is 17.6 Å². The molecule has 0 aliphatic carbocycles. The van der Waals surface area contributed by atoms with Crippen molar-refractivity contribution in [3.63, 3.8) is 0 Å². The van der Waals surface area contributed by atoms with Gasteiger partial charge in [-0.05, 0) is 24.6 Å². The predicted molar refractivity (Wildman–Crippen MR) is 116 cm³/mol. The van der Waals surface area contributed by atoms with Gasteiger partial charge in [-0.2, -0.15) is 0 Å². The minimum atomic E-state index is -4.42. The van der Waals surface area contributed by atoms with Crippen LogP contribution in [-0.4, -0.2) is 25.5 Å². The molecule has 160 valence electrons. The highest BCUT2D eigenvalue weighted by atomic mass is 32.2. The summed E-state index contributed by atoms with van der Waals surface area (Å²) in [4.78, 5) is 8.01. The smallest absolute Gasteiger partial charge is 0.264 e. The van der Waals surface area contributed by atoms with E-state index in [0.717, 1.165) is 12.1 Å². The van der Waals surface area contributed by atoms with Gasteiger partial charge in [0.15, 0.2) is 5.82 Å². The topological polar surface area (TPSA) is 107 Å². The Morgan fingerprint density at radius 3 is 2.68 bits per heavy atom. The Morgan fingerprint density at radius 2 is 1.94 bits per heavy atom. The maximum Gasteiger partial charge on any atom is 0.264 e. The number of hydrogen-bond donors (Lipinski definition) is 2. The van der Waals surface area contributed by atoms with Gasteiger partial charge in [-0.15, -0.1) is 11.3 Å². The molecule has 2 heterocycles. The van der Waals surface area contributed by atoms with Gasteiger partial charge in [0.2, 0.25) is 0 Å². The Morgan fingerprint density at radius 1 is 1.16 bits per heavy atom. The van der Waals surface area contributed by atoms with Gasteiger partial charge in [0, 0.05) is 22.6 Å². The maximum absolute atomic E-state index is 15.3. The fraction of sp³-hybridized carbons (Fsp3) is 0.100. The lowest BCUT2D eigenvalue weighted by atomic mass is 10.0. The quantitative estimate of drug-likeness (QED) is 0.457. The summed E-state index contributed by atoms with van der Waals surface area (Å²) in [5.74, 6) is -1.46. The average Bonchev–Trinajstić information content (AvgIpc) is 3.16. The molecule has 0 atom stereocenters. The number of ether oxygens (including phenoxy) is 1. The van der Waals surface area contributed by atoms with Crippen molar-refractivity contribution in [1.29, 1.82) is 0 Å². The number of thiophene rings is 1. The number of benzene rings is 2. The number of anilines is 2. The number of fused-ring (bicyclic) bond motifs is 1. The molecular weight excluding hydrogens is 446 g/mol. The van der Waals surface area contributed by atoms with E-state index in [4.69, 9.17) is 10.5 Å². The van der Waals surface area contributed by atoms with Crippen LogP contribution in [0.25, 0.3) is 21.3 Å². The first kappa shape index (κ1) is 20.9. The number of nitrogens with zero attached hydrogens (tertiary/aromatic N) is 2. The zero-order chi connectivity index (χ0) is 22.3. The fourth-order valence-electron chi connectivity index (χ4n) is 3.18. The van der Waals surface area contributed by atoms with Crippen LogP contribution in [0.15, 0.2) is 46.9 Å². The van der Waals surface area contributed by atoms with E-state index in [2.05, 4.69) is 14.7 Å². The predicted octanol–water partition coefficient (Wildman–Crippen LogP) is 4.34. The summed E-state index contributed by atoms with van der Waals surface area (Å²) in [5.41, 5.74) is 6.56. The molecule has 0 amide bonds. The molecule has 7 nitrogen and oxygen atoms in total. The Labute approximate surface area is 180 Å². The molecule has 0 saturated carbocycles. The molecular formula is C20H16F2N4O3S2. The Bertz CT molecular complexity index is 1420. The van der Waals surface area contributed by atoms with Gasteiger partial charge in [-0.25, -0.2) is 27.2 Å². The molecule has 0 bridgehead atoms. The van der Waals surface area contributed by atoms with Crippen LogP contribution >= 0.6 is 11.3 Å². The average molecular weight is 463 g/mol. The van der Waals surface area contributed by atoms with Crippen LogP contribution in [0.1, 0.15) is 5.56 Å². The van der Waals surface area contributed by atoms with E-state index < -0.39 is 26.6 Å². The molecule has 4 rings (SSSR count). The van der Waals surface area contributed by atoms with Crippen LogP contribution < -0.4 is 15.2 Å². The highest BCUT2D eigenvalue weighted by Crippen LogP contribution is 2.38. The largest absolute Gasteiger partial charge is 0.496 e. The molecule has 11 heteroatoms. The number of halogens is 2. The van der Waals surface area contributed by atoms with Crippen LogP contribution in [0.3, 0.4) is 0 Å². The van der Waals surface area contributed by atoms with Crippen molar-refractivity contribution in [1.82, 2.24) is 9.97 Å². The second-order valence-electron chi connectivity index (χ2n) is 6.61. The molecule has 4 aromatic rings. The van der Waals surface area contributed by atoms with Gasteiger partial charge in [0.25, 0.3) is 10.0 Å². The number of nitrogens with two attached hydrogens (primary N) is 1. The number of sulfonamides is 1. The molecule has 0 unspecified atom stereocenters. The van der Waals surface area contributed by atoms with Crippen molar-refractivity contribution >= 4 is 43.1 Å². The molecule has 2 aromatic carbocycles. The van der Waals surface area contributed by atoms with Crippen LogP contribution in [0, 0.1) is 18.6 Å². The van der Waals surface area contributed by atoms with Crippen LogP contribution in [0.4, 0.5) is 20.3 Å². The minimum Gasteiger partial charge on any atom is -0.496 e. The second-order valence-corrected chi connectivity index (χ2v) is 9.12. The molecule has 0 spiro atoms. The summed E-state index contributed by atoms with van der Waals surface area (Å²) in [6.45, 7) is 1.58. The molecule has 2 aromatic heterocycles. The number of rotatable bonds is 5. The van der Waals surface area contributed by atoms with Crippen molar-refractivity contribution in [2.24, 2.45) is 0 Å². The lowest BCUT2D eigenvalue weighted by molar-refractivity contribution is 0.406. The summed E-state index contributed by atoms with van der Waals surface area (Å²) in [5, 5.41) is 2.14. The van der Waals surface area contributed by atoms with E-state index in [0.29, 0.717) is 21.3 Å². The van der Waals surface area contributed by atoms with Gasteiger partial charge >= 0.3 is 0 Å². The molecule has 0 radical (unpaired) electrons. The third kappa shape index (κ3) is 3.66. The van der Waals surface area contributed by atoms with Crippen molar-refractivity contribution in [3.05, 3.63) is 59.2 Å². The number of hydrogen-bond acceptors (Lipinski definition) is 7. The highest BCUT2D eigenvalue weighted by molar-refractivity contribution is 7.92. The first-order valence-corrected chi connectivity index (χ1v) is 11.2. The second kappa shape index (κ2) is 7.75. The molecule has 0 saturated heterocycles. The van der Waals surface area contributed by atoms with Crippen molar-refractivity contribution < 1.29 is 21.9 Å². The van der Waals surface area contributed by atoms with Crippen LogP contribution in [-0.2, 0) is 10.0 Å². The molecule has 3 N–H and O–H groups in total. The lowest BCUT2D eigenvalue weighted by Crippen LogP contribution is -2.16. The highest BCUT2D eigenvalue weighted by Gasteiger charge is 2.24. The van der Waals surface area contributed by atoms with E-state index in [1.165, 1.54) is 43.0 Å². The standard InChI is InChI=1S/C20H16F2N4O3S2/c1-10-6-16(13(21)7-15(10)29-2)31(27,28)26-14-5-3-4-11(18(14)22)12-8-30-20-17(12)19(23)24-9-25-20/h3-9,26H,1-2H3,(H2,23,24,25). The van der Waals surface area contributed by atoms with Crippen LogP contribution in [0.5, 0.6) is 5.75 Å². The van der Waals surface area contributed by atoms with E-state index in [1.807, 2.05) is 0 Å². The van der Waals surface area contributed by atoms with Gasteiger partial charge in [-0.3, -0.25) is 4.72 Å². The third-order valence-corrected chi connectivity index (χ3v) is 6.94. The molecule has 0 aliphatic rings. The lowest BCUT2D eigenvalue weighted by Gasteiger charge is -2.13. The monoisotopic (exact) mass is 462 g/mol. The van der Waals surface area contributed by atoms with Crippen LogP contribution in [0.2, 0.25) is 0 Å². The normalized spacial score (nSPS) is 11.6. The Hall–Kier alpha value is -3.31. The van der Waals surface area contributed by atoms with E-state index in [1.54, 1.807) is 12.3 Å². The summed E-state index contributed by atoms with van der Waals surface area (Å²) in [7, 11) is -3.07. The number of nitrogens with one attached hydrogen (secondary N) is 1. The van der Waals surface area contributed by atoms with E-state index >= 15 is 4.39 Å².